The maximum Gasteiger partial charge on any atom is 0.364 e. The van der Waals surface area contributed by atoms with Gasteiger partial charge < -0.3 is 215 Å². The summed E-state index contributed by atoms with van der Waals surface area (Å²) >= 11 is 0. The van der Waals surface area contributed by atoms with Crippen molar-refractivity contribution in [1.29, 1.82) is 0 Å². The maximum absolute atomic E-state index is 14.2. The van der Waals surface area contributed by atoms with E-state index >= 15 is 0 Å². The average Bonchev–Trinajstić information content (AvgIpc) is 0.744. The van der Waals surface area contributed by atoms with Crippen molar-refractivity contribution in [3.63, 3.8) is 0 Å². The number of carboxylic acids is 2. The molecule has 836 valence electrons. The summed E-state index contributed by atoms with van der Waals surface area (Å²) in [4.78, 5) is 94.1. The summed E-state index contributed by atoms with van der Waals surface area (Å²) in [6.45, 7) is -3.97. The third-order valence-electron chi connectivity index (χ3n) is 27.2. The second-order valence-corrected chi connectivity index (χ2v) is 38.5. The van der Waals surface area contributed by atoms with Crippen molar-refractivity contribution in [1.82, 2.24) is 26.6 Å². The Morgan fingerprint density at radius 3 is 1.12 bits per heavy atom. The van der Waals surface area contributed by atoms with Gasteiger partial charge in [0.2, 0.25) is 29.5 Å². The van der Waals surface area contributed by atoms with Crippen LogP contribution >= 0.6 is 0 Å². The van der Waals surface area contributed by atoms with Gasteiger partial charge >= 0.3 is 11.9 Å². The predicted molar refractivity (Wildman–Crippen MR) is 495 cm³/mol. The largest absolute Gasteiger partial charge is 0.477 e. The molecule has 39 atom stereocenters. The molecule has 29 N–H and O–H groups in total. The Bertz CT molecular complexity index is 3730. The van der Waals surface area contributed by atoms with Crippen molar-refractivity contribution in [2.75, 3.05) is 59.5 Å². The summed E-state index contributed by atoms with van der Waals surface area (Å²) < 4.78 is 85.8. The number of aliphatic hydroxyl groups is 22. The standard InChI is InChI=1S/C94H165N5O45/c1-6-8-10-12-14-16-18-20-21-22-23-25-27-29-31-33-35-37-63(116)98-52(53(111)36-34-32-30-28-26-24-19-17-15-13-11-9-7-2)48-131-88-75(124)74(123)78(60(44-104)134-88)137-89-76(125)84(143-94(92(129)130)39-55(113)66(99-64(117)47-107)83(142-94)70(119)57(115)41-101)80(62(46-106)135-89)139-87-68(97-51(5)110)81(72(121)59(43-103)133-87)140-90-77(126)85(79(61(45-105)136-90)138-86-67(96-50(4)109)73(122)71(120)58(42-102)132-86)144-93(91(127)128)38-54(112)65(95-49(3)108)82(141-93)69(118)56(114)40-100/h34,36,52-62,65-90,100-107,111-115,118-126H,6-33,35,37-48H2,1-5H3,(H,95,108)(H,96,109)(H,97,110)(H,98,116)(H,99,117)(H,127,128)(H,129,130)/b36-34+/t52-,53+,54?,55?,56+,57+,58?,59?,60?,61?,62?,65+,66+,67?,68?,69+,70+,71-,72-,73+,74+,75?,76?,77?,78+,79-,80-,81+,82?,83?,84+,85+,86-,87-,88+,89-,90-,93-,94-/m0/s1. The molecular formula is C94H165N5O45. The first-order chi connectivity index (χ1) is 68.7. The molecular weight excluding hydrogens is 1920 g/mol. The van der Waals surface area contributed by atoms with E-state index in [2.05, 4.69) is 40.4 Å². The molecule has 0 aromatic carbocycles. The quantitative estimate of drug-likeness (QED) is 0.0199. The molecule has 7 fully saturated rings. The van der Waals surface area contributed by atoms with E-state index in [-0.39, 0.29) is 6.42 Å². The number of ether oxygens (including phenoxy) is 14. The van der Waals surface area contributed by atoms with Gasteiger partial charge in [-0.3, -0.25) is 24.0 Å². The Morgan fingerprint density at radius 1 is 0.368 bits per heavy atom. The molecule has 144 heavy (non-hydrogen) atoms. The minimum atomic E-state index is -3.63. The SMILES string of the molecule is CCCCCCCCCCCCC/C=C/[C@@H](O)[C@H](CO[C@@H]1OC(CO)[C@@H](O[C@@H]2OC(CO)[C@H](O[C@@H]3OC(CO)[C@H](O)[C@H](O[C@@H]4OC(CO)[C@H](O[C@@H]5OC(CO)[C@H](O)[C@H](O)C5NC(C)=O)[C@H](O[C@]5(C(=O)O)CC(O)[C@@H](NC(C)=O)C([C@H](O)[C@H](O)CO)O5)C4O)C3NC(C)=O)[C@H](O[C@]3(C(=O)O)CC(O)[C@@H](NC(=O)CO)C([C@H](O)[C@H](O)CO)O3)C2O)[C@H](O)C1O)NC(=O)CCCCCCCCCCCCCCCCCCC. The van der Waals surface area contributed by atoms with Gasteiger partial charge in [-0.2, -0.15) is 0 Å². The van der Waals surface area contributed by atoms with Gasteiger partial charge in [0.15, 0.2) is 31.5 Å². The van der Waals surface area contributed by atoms with Crippen LogP contribution in [0, 0.1) is 0 Å². The monoisotopic (exact) mass is 2080 g/mol. The minimum Gasteiger partial charge on any atom is -0.477 e. The van der Waals surface area contributed by atoms with Gasteiger partial charge in [-0.05, 0) is 19.3 Å². The van der Waals surface area contributed by atoms with Crippen LogP contribution in [0.5, 0.6) is 0 Å². The predicted octanol–water partition coefficient (Wildman–Crippen LogP) is -6.15. The van der Waals surface area contributed by atoms with E-state index in [1.165, 1.54) is 102 Å². The molecule has 0 bridgehead atoms. The van der Waals surface area contributed by atoms with E-state index in [9.17, 15) is 156 Å². The average molecular weight is 2090 g/mol. The molecule has 7 rings (SSSR count). The highest BCUT2D eigenvalue weighted by Crippen LogP contribution is 2.45. The maximum atomic E-state index is 14.2. The highest BCUT2D eigenvalue weighted by atomic mass is 16.8. The van der Waals surface area contributed by atoms with Crippen LogP contribution in [0.3, 0.4) is 0 Å². The molecule has 50 heteroatoms. The molecule has 0 saturated carbocycles. The Morgan fingerprint density at radius 2 is 0.722 bits per heavy atom. The van der Waals surface area contributed by atoms with Gasteiger partial charge in [-0.15, -0.1) is 0 Å². The smallest absolute Gasteiger partial charge is 0.364 e. The second kappa shape index (κ2) is 63.8. The van der Waals surface area contributed by atoms with Gasteiger partial charge in [0.1, 0.15) is 165 Å². The van der Waals surface area contributed by atoms with Crippen LogP contribution in [0.1, 0.15) is 240 Å². The Hall–Kier alpha value is -5.41. The number of allylic oxidation sites excluding steroid dienone is 1. The number of carbonyl (C=O) groups is 7. The van der Waals surface area contributed by atoms with Crippen LogP contribution < -0.4 is 26.6 Å². The van der Waals surface area contributed by atoms with Crippen molar-refractivity contribution in [2.45, 2.75) is 478 Å². The zero-order valence-electron chi connectivity index (χ0n) is 82.8. The van der Waals surface area contributed by atoms with Crippen LogP contribution in [0.15, 0.2) is 12.2 Å². The molecule has 7 saturated heterocycles. The fourth-order valence-corrected chi connectivity index (χ4v) is 19.1. The zero-order chi connectivity index (χ0) is 106. The first kappa shape index (κ1) is 125. The lowest BCUT2D eigenvalue weighted by Crippen LogP contribution is -2.73. The van der Waals surface area contributed by atoms with E-state index in [1.54, 1.807) is 6.08 Å². The number of aliphatic carboxylic acids is 2. The number of rotatable bonds is 66. The highest BCUT2D eigenvalue weighted by Gasteiger charge is 2.65. The lowest BCUT2D eigenvalue weighted by Gasteiger charge is -2.53. The second-order valence-electron chi connectivity index (χ2n) is 38.5. The number of carbonyl (C=O) groups excluding carboxylic acids is 5. The summed E-state index contributed by atoms with van der Waals surface area (Å²) in [5, 5.41) is 285. The lowest BCUT2D eigenvalue weighted by molar-refractivity contribution is -0.408. The first-order valence-corrected chi connectivity index (χ1v) is 50.9. The van der Waals surface area contributed by atoms with E-state index in [4.69, 9.17) is 66.3 Å². The molecule has 0 radical (unpaired) electrons. The van der Waals surface area contributed by atoms with Gasteiger partial charge in [0.05, 0.1) is 89.3 Å². The summed E-state index contributed by atoms with van der Waals surface area (Å²) in [6, 6.07) is -9.37. The van der Waals surface area contributed by atoms with Crippen LogP contribution in [0.25, 0.3) is 0 Å². The van der Waals surface area contributed by atoms with Crippen molar-refractivity contribution in [3.05, 3.63) is 12.2 Å². The van der Waals surface area contributed by atoms with E-state index in [0.29, 0.717) is 12.8 Å². The number of aliphatic hydroxyl groups excluding tert-OH is 22. The Balaban J connectivity index is 1.22. The van der Waals surface area contributed by atoms with E-state index in [0.717, 1.165) is 97.8 Å². The fraction of sp³-hybridized carbons (Fsp3) is 0.904. The molecule has 50 nitrogen and oxygen atoms in total. The summed E-state index contributed by atoms with van der Waals surface area (Å²) in [6.07, 6.45) is -41.9. The van der Waals surface area contributed by atoms with Crippen molar-refractivity contribution >= 4 is 41.5 Å². The van der Waals surface area contributed by atoms with E-state index in [1.807, 2.05) is 0 Å². The van der Waals surface area contributed by atoms with Gasteiger partial charge in [0.25, 0.3) is 11.6 Å². The first-order valence-electron chi connectivity index (χ1n) is 50.9. The molecule has 0 aromatic heterocycles. The molecule has 7 aliphatic rings. The summed E-state index contributed by atoms with van der Waals surface area (Å²) in [7, 11) is 0. The number of hydrogen-bond acceptors (Lipinski definition) is 43. The number of carboxylic acid groups (broad SMARTS) is 2. The van der Waals surface area contributed by atoms with Crippen molar-refractivity contribution in [2.24, 2.45) is 0 Å². The molecule has 14 unspecified atom stereocenters. The minimum absolute atomic E-state index is 0.0669. The van der Waals surface area contributed by atoms with Gasteiger partial charge in [-0.25, -0.2) is 9.59 Å². The normalized spacial score (nSPS) is 35.6. The third kappa shape index (κ3) is 36.1. The zero-order valence-corrected chi connectivity index (χ0v) is 82.8. The molecule has 7 heterocycles. The molecule has 5 amide bonds. The Labute approximate surface area is 836 Å². The van der Waals surface area contributed by atoms with Crippen molar-refractivity contribution < 1.29 is 222 Å². The van der Waals surface area contributed by atoms with Crippen LogP contribution in [-0.2, 0) is 99.9 Å². The number of unbranched alkanes of at least 4 members (excludes halogenated alkanes) is 27. The molecule has 7 aliphatic heterocycles. The van der Waals surface area contributed by atoms with Crippen LogP contribution in [-0.4, -0.2) is 462 Å². The summed E-state index contributed by atoms with van der Waals surface area (Å²) in [5.41, 5.74) is 0. The van der Waals surface area contributed by atoms with Crippen molar-refractivity contribution in [3.8, 4) is 0 Å². The molecule has 0 spiro atoms. The van der Waals surface area contributed by atoms with Gasteiger partial charge in [-0.1, -0.05) is 193 Å². The third-order valence-corrected chi connectivity index (χ3v) is 27.2. The lowest BCUT2D eigenvalue weighted by atomic mass is 9.88. The molecule has 0 aliphatic carbocycles. The van der Waals surface area contributed by atoms with E-state index < -0.39 is 352 Å². The van der Waals surface area contributed by atoms with Gasteiger partial charge in [0, 0.05) is 40.0 Å². The highest BCUT2D eigenvalue weighted by molar-refractivity contribution is 5.79. The Kier molecular flexibility index (Phi) is 55.6. The summed E-state index contributed by atoms with van der Waals surface area (Å²) in [5.74, 6) is -16.6. The van der Waals surface area contributed by atoms with Crippen LogP contribution in [0.4, 0.5) is 0 Å². The fourth-order valence-electron chi connectivity index (χ4n) is 19.1. The number of hydrogen-bond donors (Lipinski definition) is 29. The van der Waals surface area contributed by atoms with Crippen LogP contribution in [0.2, 0.25) is 0 Å². The number of amides is 5. The topological polar surface area (TPSA) is 794 Å². The molecule has 0 aromatic rings. The number of nitrogens with one attached hydrogen (secondary N) is 5.